The van der Waals surface area contributed by atoms with Gasteiger partial charge in [-0.25, -0.2) is 0 Å². The average molecular weight is 198 g/mol. The highest BCUT2D eigenvalue weighted by Gasteiger charge is 1.80. The first-order valence-corrected chi connectivity index (χ1v) is 5.37. The van der Waals surface area contributed by atoms with Gasteiger partial charge in [-0.15, -0.1) is 11.8 Å². The highest BCUT2D eigenvalue weighted by atomic mass is 13.8. The van der Waals surface area contributed by atoms with E-state index in [1.54, 1.807) is 0 Å². The summed E-state index contributed by atoms with van der Waals surface area (Å²) in [4.78, 5) is 0. The molecule has 0 aliphatic carbocycles. The van der Waals surface area contributed by atoms with Crippen molar-refractivity contribution in [1.29, 1.82) is 0 Å². The van der Waals surface area contributed by atoms with E-state index in [4.69, 9.17) is 0 Å². The lowest BCUT2D eigenvalue weighted by atomic mass is 10.2. The van der Waals surface area contributed by atoms with Gasteiger partial charge in [0.2, 0.25) is 0 Å². The molecule has 0 radical (unpaired) electrons. The van der Waals surface area contributed by atoms with Crippen LogP contribution in [0.5, 0.6) is 0 Å². The normalized spacial score (nSPS) is 7.13. The van der Waals surface area contributed by atoms with Crippen LogP contribution in [0.15, 0.2) is 30.3 Å². The molecule has 0 aliphatic heterocycles. The Balaban J connectivity index is 0.000000921. The van der Waals surface area contributed by atoms with Gasteiger partial charge < -0.3 is 0 Å². The smallest absolute Gasteiger partial charge is 0.0245 e. The molecule has 0 aromatic heterocycles. The molecular formula is C15H18. The van der Waals surface area contributed by atoms with Crippen molar-refractivity contribution in [3.8, 4) is 23.7 Å². The third-order valence-electron chi connectivity index (χ3n) is 1.56. The molecule has 0 atom stereocenters. The minimum Gasteiger partial charge on any atom is -0.107 e. The summed E-state index contributed by atoms with van der Waals surface area (Å²) in [6.45, 7) is 5.85. The molecule has 0 unspecified atom stereocenters. The van der Waals surface area contributed by atoms with Crippen LogP contribution in [0.3, 0.4) is 0 Å². The van der Waals surface area contributed by atoms with Crippen LogP contribution in [0.1, 0.15) is 39.2 Å². The van der Waals surface area contributed by atoms with Crippen molar-refractivity contribution in [1.82, 2.24) is 0 Å². The van der Waals surface area contributed by atoms with E-state index in [2.05, 4.69) is 23.7 Å². The van der Waals surface area contributed by atoms with Gasteiger partial charge in [-0.3, -0.25) is 0 Å². The van der Waals surface area contributed by atoms with Gasteiger partial charge in [-0.05, 0) is 19.1 Å². The van der Waals surface area contributed by atoms with Crippen molar-refractivity contribution in [2.24, 2.45) is 0 Å². The van der Waals surface area contributed by atoms with Crippen LogP contribution >= 0.6 is 0 Å². The van der Waals surface area contributed by atoms with E-state index < -0.39 is 0 Å². The lowest BCUT2D eigenvalue weighted by Crippen LogP contribution is -1.71. The number of unbranched alkanes of at least 4 members (excludes halogenated alkanes) is 1. The van der Waals surface area contributed by atoms with Crippen LogP contribution in [-0.2, 0) is 0 Å². The Morgan fingerprint density at radius 3 is 2.13 bits per heavy atom. The SMILES string of the molecule is CC.CC#CCCC#Cc1ccccc1. The fraction of sp³-hybridized carbons (Fsp3) is 0.333. The Morgan fingerprint density at radius 1 is 0.933 bits per heavy atom. The Hall–Kier alpha value is -1.66. The van der Waals surface area contributed by atoms with Crippen LogP contribution < -0.4 is 0 Å². The maximum Gasteiger partial charge on any atom is 0.0245 e. The predicted molar refractivity (Wildman–Crippen MR) is 67.4 cm³/mol. The maximum atomic E-state index is 3.09. The fourth-order valence-corrected chi connectivity index (χ4v) is 0.936. The minimum atomic E-state index is 0.857. The number of rotatable bonds is 1. The van der Waals surface area contributed by atoms with E-state index in [0.717, 1.165) is 18.4 Å². The molecule has 0 saturated heterocycles. The maximum absolute atomic E-state index is 3.09. The van der Waals surface area contributed by atoms with Gasteiger partial charge in [0.25, 0.3) is 0 Å². The zero-order valence-corrected chi connectivity index (χ0v) is 9.80. The van der Waals surface area contributed by atoms with Crippen LogP contribution in [-0.4, -0.2) is 0 Å². The van der Waals surface area contributed by atoms with Crippen molar-refractivity contribution < 1.29 is 0 Å². The highest BCUT2D eigenvalue weighted by Crippen LogP contribution is 1.95. The highest BCUT2D eigenvalue weighted by molar-refractivity contribution is 5.33. The van der Waals surface area contributed by atoms with Crippen molar-refractivity contribution in [3.05, 3.63) is 35.9 Å². The van der Waals surface area contributed by atoms with Gasteiger partial charge in [-0.1, -0.05) is 43.9 Å². The molecule has 0 spiro atoms. The van der Waals surface area contributed by atoms with E-state index in [-0.39, 0.29) is 0 Å². The summed E-state index contributed by atoms with van der Waals surface area (Å²) in [6, 6.07) is 10.0. The summed E-state index contributed by atoms with van der Waals surface area (Å²) < 4.78 is 0. The topological polar surface area (TPSA) is 0 Å². The summed E-state index contributed by atoms with van der Waals surface area (Å²) in [5.41, 5.74) is 1.08. The fourth-order valence-electron chi connectivity index (χ4n) is 0.936. The summed E-state index contributed by atoms with van der Waals surface area (Å²) in [5.74, 6) is 12.0. The van der Waals surface area contributed by atoms with Crippen molar-refractivity contribution in [2.75, 3.05) is 0 Å². The Bertz CT molecular complexity index is 352. The zero-order valence-electron chi connectivity index (χ0n) is 9.80. The van der Waals surface area contributed by atoms with Gasteiger partial charge in [0, 0.05) is 18.4 Å². The summed E-state index contributed by atoms with van der Waals surface area (Å²) in [5, 5.41) is 0. The quantitative estimate of drug-likeness (QED) is 0.474. The van der Waals surface area contributed by atoms with Gasteiger partial charge >= 0.3 is 0 Å². The minimum absolute atomic E-state index is 0.857. The molecular weight excluding hydrogens is 180 g/mol. The first-order valence-electron chi connectivity index (χ1n) is 5.37. The first kappa shape index (κ1) is 13.3. The molecule has 0 nitrogen and oxygen atoms in total. The third-order valence-corrected chi connectivity index (χ3v) is 1.56. The lowest BCUT2D eigenvalue weighted by molar-refractivity contribution is 1.12. The van der Waals surface area contributed by atoms with Crippen molar-refractivity contribution in [2.45, 2.75) is 33.6 Å². The van der Waals surface area contributed by atoms with E-state index >= 15 is 0 Å². The van der Waals surface area contributed by atoms with Gasteiger partial charge in [-0.2, -0.15) is 0 Å². The molecule has 0 bridgehead atoms. The van der Waals surface area contributed by atoms with E-state index in [1.165, 1.54) is 0 Å². The molecule has 0 saturated carbocycles. The standard InChI is InChI=1S/C13H12.C2H6/c1-2-3-4-5-7-10-13-11-8-6-9-12-13;1-2/h6,8-9,11-12H,4-5H2,1H3;1-2H3. The lowest BCUT2D eigenvalue weighted by Gasteiger charge is -1.85. The Labute approximate surface area is 93.7 Å². The molecule has 1 rings (SSSR count). The molecule has 0 fully saturated rings. The van der Waals surface area contributed by atoms with Crippen LogP contribution in [0, 0.1) is 23.7 Å². The Kier molecular flexibility index (Phi) is 9.27. The van der Waals surface area contributed by atoms with Crippen molar-refractivity contribution >= 4 is 0 Å². The second kappa shape index (κ2) is 10.4. The largest absolute Gasteiger partial charge is 0.107 e. The molecule has 0 N–H and O–H groups in total. The number of hydrogen-bond donors (Lipinski definition) is 0. The van der Waals surface area contributed by atoms with E-state index in [1.807, 2.05) is 51.1 Å². The predicted octanol–water partition coefficient (Wildman–Crippen LogP) is 3.87. The van der Waals surface area contributed by atoms with Crippen LogP contribution in [0.25, 0.3) is 0 Å². The van der Waals surface area contributed by atoms with Gasteiger partial charge in [0.1, 0.15) is 0 Å². The molecule has 78 valence electrons. The summed E-state index contributed by atoms with van der Waals surface area (Å²) >= 11 is 0. The van der Waals surface area contributed by atoms with Crippen molar-refractivity contribution in [3.63, 3.8) is 0 Å². The number of benzene rings is 1. The molecule has 0 amide bonds. The van der Waals surface area contributed by atoms with Gasteiger partial charge in [0.05, 0.1) is 0 Å². The zero-order chi connectivity index (χ0) is 11.4. The van der Waals surface area contributed by atoms with Crippen LogP contribution in [0.2, 0.25) is 0 Å². The van der Waals surface area contributed by atoms with E-state index in [9.17, 15) is 0 Å². The molecule has 15 heavy (non-hydrogen) atoms. The van der Waals surface area contributed by atoms with Crippen LogP contribution in [0.4, 0.5) is 0 Å². The second-order valence-electron chi connectivity index (χ2n) is 2.59. The molecule has 0 aliphatic rings. The summed E-state index contributed by atoms with van der Waals surface area (Å²) in [7, 11) is 0. The number of hydrogen-bond acceptors (Lipinski definition) is 0. The Morgan fingerprint density at radius 2 is 1.53 bits per heavy atom. The third kappa shape index (κ3) is 7.41. The van der Waals surface area contributed by atoms with Gasteiger partial charge in [0.15, 0.2) is 0 Å². The molecule has 0 heteroatoms. The first-order chi connectivity index (χ1) is 7.43. The second-order valence-corrected chi connectivity index (χ2v) is 2.59. The molecule has 1 aromatic carbocycles. The average Bonchev–Trinajstić information content (AvgIpc) is 2.33. The molecule has 0 heterocycles. The monoisotopic (exact) mass is 198 g/mol. The molecule has 1 aromatic rings. The van der Waals surface area contributed by atoms with E-state index in [0.29, 0.717) is 0 Å². The summed E-state index contributed by atoms with van der Waals surface area (Å²) in [6.07, 6.45) is 1.73.